The molecule has 4 rings (SSSR count). The third kappa shape index (κ3) is 3.76. The molecule has 1 aliphatic rings. The number of hydrogen-bond donors (Lipinski definition) is 2. The lowest BCUT2D eigenvalue weighted by molar-refractivity contribution is -0.132. The number of ketones is 1. The summed E-state index contributed by atoms with van der Waals surface area (Å²) in [5.74, 6) is 0.260. The van der Waals surface area contributed by atoms with Gasteiger partial charge in [0, 0.05) is 43.8 Å². The number of rotatable bonds is 5. The fourth-order valence-electron chi connectivity index (χ4n) is 3.93. The number of H-pyrrole nitrogens is 1. The maximum Gasteiger partial charge on any atom is 0.236 e. The van der Waals surface area contributed by atoms with Crippen LogP contribution >= 0.6 is 0 Å². The lowest BCUT2D eigenvalue weighted by atomic mass is 9.95. The van der Waals surface area contributed by atoms with Crippen molar-refractivity contribution in [3.8, 4) is 17.5 Å². The van der Waals surface area contributed by atoms with Crippen molar-refractivity contribution in [2.75, 3.05) is 18.4 Å². The van der Waals surface area contributed by atoms with Crippen LogP contribution in [0.1, 0.15) is 37.2 Å². The molecule has 4 heterocycles. The Labute approximate surface area is 173 Å². The smallest absolute Gasteiger partial charge is 0.236 e. The number of nitrogens with one attached hydrogen (secondary N) is 2. The standard InChI is InChI=1S/C21H22N6O3/c1-12-7-14(10-27(9-12)18(29)3-5-22)25-19-15-4-6-23-20(15)24-8-16(19)21-26-17(11-30-21)13(2)28/h4,6,8,11-12,14H,3,7,9-10H2,1-2H3,(H2,23,24,25)/t12-,14+/m0/s1. The molecule has 154 valence electrons. The zero-order valence-electron chi connectivity index (χ0n) is 16.8. The predicted octanol–water partition coefficient (Wildman–Crippen LogP) is 2.98. The molecule has 2 N–H and O–H groups in total. The highest BCUT2D eigenvalue weighted by molar-refractivity contribution is 5.98. The largest absolute Gasteiger partial charge is 0.444 e. The summed E-state index contributed by atoms with van der Waals surface area (Å²) in [6, 6.07) is 3.83. The summed E-state index contributed by atoms with van der Waals surface area (Å²) in [6.45, 7) is 4.67. The van der Waals surface area contributed by atoms with Crippen LogP contribution in [0.5, 0.6) is 0 Å². The highest BCUT2D eigenvalue weighted by Gasteiger charge is 2.29. The van der Waals surface area contributed by atoms with Crippen molar-refractivity contribution >= 4 is 28.4 Å². The second kappa shape index (κ2) is 7.99. The van der Waals surface area contributed by atoms with Crippen LogP contribution < -0.4 is 5.32 Å². The maximum atomic E-state index is 12.3. The van der Waals surface area contributed by atoms with Crippen LogP contribution in [0.25, 0.3) is 22.5 Å². The maximum absolute atomic E-state index is 12.3. The molecule has 0 saturated carbocycles. The third-order valence-electron chi connectivity index (χ3n) is 5.27. The van der Waals surface area contributed by atoms with Crippen molar-refractivity contribution < 1.29 is 14.0 Å². The van der Waals surface area contributed by atoms with E-state index in [2.05, 4.69) is 27.2 Å². The molecule has 1 fully saturated rings. The Kier molecular flexibility index (Phi) is 5.23. The highest BCUT2D eigenvalue weighted by Crippen LogP contribution is 2.34. The number of carbonyl (C=O) groups is 2. The summed E-state index contributed by atoms with van der Waals surface area (Å²) in [4.78, 5) is 37.5. The summed E-state index contributed by atoms with van der Waals surface area (Å²) in [7, 11) is 0. The van der Waals surface area contributed by atoms with Gasteiger partial charge in [-0.2, -0.15) is 5.26 Å². The topological polar surface area (TPSA) is 128 Å². The van der Waals surface area contributed by atoms with E-state index in [1.54, 1.807) is 17.3 Å². The second-order valence-corrected chi connectivity index (χ2v) is 7.70. The molecule has 9 nitrogen and oxygen atoms in total. The van der Waals surface area contributed by atoms with Crippen molar-refractivity contribution in [3.63, 3.8) is 0 Å². The Bertz CT molecular complexity index is 1140. The minimum Gasteiger partial charge on any atom is -0.444 e. The number of Topliss-reactive ketones (excluding diaryl/α,β-unsaturated/α-hetero) is 1. The number of pyridine rings is 1. The van der Waals surface area contributed by atoms with Gasteiger partial charge in [-0.05, 0) is 18.4 Å². The SMILES string of the molecule is CC(=O)c1coc(-c2cnc3[nH]ccc3c2N[C@@H]2C[C@H](C)CN(C(=O)CC#N)C2)n1. The number of aromatic nitrogens is 3. The molecule has 1 amide bonds. The van der Waals surface area contributed by atoms with E-state index in [0.29, 0.717) is 30.2 Å². The number of piperidine rings is 1. The van der Waals surface area contributed by atoms with Crippen LogP contribution in [0.2, 0.25) is 0 Å². The van der Waals surface area contributed by atoms with Crippen LogP contribution in [0.15, 0.2) is 29.1 Å². The molecular weight excluding hydrogens is 384 g/mol. The third-order valence-corrected chi connectivity index (χ3v) is 5.27. The van der Waals surface area contributed by atoms with Gasteiger partial charge in [-0.1, -0.05) is 6.92 Å². The van der Waals surface area contributed by atoms with Crippen molar-refractivity contribution in [3.05, 3.63) is 30.4 Å². The number of nitriles is 1. The van der Waals surface area contributed by atoms with E-state index in [9.17, 15) is 9.59 Å². The Morgan fingerprint density at radius 3 is 3.00 bits per heavy atom. The first-order valence-corrected chi connectivity index (χ1v) is 9.80. The average Bonchev–Trinajstić information content (AvgIpc) is 3.38. The number of anilines is 1. The van der Waals surface area contributed by atoms with Crippen LogP contribution in [0.4, 0.5) is 5.69 Å². The zero-order valence-corrected chi connectivity index (χ0v) is 16.8. The quantitative estimate of drug-likeness (QED) is 0.623. The van der Waals surface area contributed by atoms with Gasteiger partial charge in [0.2, 0.25) is 11.8 Å². The Morgan fingerprint density at radius 2 is 2.27 bits per heavy atom. The second-order valence-electron chi connectivity index (χ2n) is 7.70. The van der Waals surface area contributed by atoms with Gasteiger partial charge in [0.25, 0.3) is 0 Å². The molecule has 0 aliphatic carbocycles. The summed E-state index contributed by atoms with van der Waals surface area (Å²) >= 11 is 0. The van der Waals surface area contributed by atoms with E-state index in [1.165, 1.54) is 13.2 Å². The molecule has 1 aliphatic heterocycles. The number of fused-ring (bicyclic) bond motifs is 1. The number of aromatic amines is 1. The molecule has 2 atom stereocenters. The number of amides is 1. The van der Waals surface area contributed by atoms with Gasteiger partial charge >= 0.3 is 0 Å². The molecule has 30 heavy (non-hydrogen) atoms. The zero-order chi connectivity index (χ0) is 21.3. The monoisotopic (exact) mass is 406 g/mol. The minimum atomic E-state index is -0.178. The molecule has 1 saturated heterocycles. The first-order valence-electron chi connectivity index (χ1n) is 9.80. The lowest BCUT2D eigenvalue weighted by Gasteiger charge is -2.37. The van der Waals surface area contributed by atoms with Crippen LogP contribution in [-0.2, 0) is 4.79 Å². The van der Waals surface area contributed by atoms with Gasteiger partial charge < -0.3 is 19.6 Å². The molecule has 0 spiro atoms. The molecule has 3 aromatic heterocycles. The van der Waals surface area contributed by atoms with Gasteiger partial charge in [0.15, 0.2) is 5.78 Å². The number of likely N-dealkylation sites (tertiary alicyclic amines) is 1. The van der Waals surface area contributed by atoms with Gasteiger partial charge in [0.05, 0.1) is 17.3 Å². The first-order chi connectivity index (χ1) is 14.5. The molecule has 0 bridgehead atoms. The normalized spacial score (nSPS) is 18.9. The van der Waals surface area contributed by atoms with Crippen molar-refractivity contribution in [2.24, 2.45) is 5.92 Å². The van der Waals surface area contributed by atoms with Gasteiger partial charge in [-0.15, -0.1) is 0 Å². The molecule has 3 aromatic rings. The fourth-order valence-corrected chi connectivity index (χ4v) is 3.93. The van der Waals surface area contributed by atoms with E-state index in [0.717, 1.165) is 17.5 Å². The Morgan fingerprint density at radius 1 is 1.43 bits per heavy atom. The average molecular weight is 406 g/mol. The van der Waals surface area contributed by atoms with E-state index >= 15 is 0 Å². The summed E-state index contributed by atoms with van der Waals surface area (Å²) in [5, 5.41) is 13.3. The van der Waals surface area contributed by atoms with E-state index < -0.39 is 0 Å². The van der Waals surface area contributed by atoms with E-state index in [4.69, 9.17) is 9.68 Å². The molecule has 0 radical (unpaired) electrons. The van der Waals surface area contributed by atoms with E-state index in [1.807, 2.05) is 12.1 Å². The van der Waals surface area contributed by atoms with Crippen molar-refractivity contribution in [1.82, 2.24) is 19.9 Å². The fraction of sp³-hybridized carbons (Fsp3) is 0.381. The molecular formula is C21H22N6O3. The Hall–Kier alpha value is -3.67. The number of nitrogens with zero attached hydrogens (tertiary/aromatic N) is 4. The van der Waals surface area contributed by atoms with Gasteiger partial charge in [-0.25, -0.2) is 9.97 Å². The highest BCUT2D eigenvalue weighted by atomic mass is 16.3. The van der Waals surface area contributed by atoms with Crippen molar-refractivity contribution in [1.29, 1.82) is 5.26 Å². The van der Waals surface area contributed by atoms with Crippen LogP contribution in [0.3, 0.4) is 0 Å². The van der Waals surface area contributed by atoms with Gasteiger partial charge in [0.1, 0.15) is 24.0 Å². The summed E-state index contributed by atoms with van der Waals surface area (Å²) < 4.78 is 5.56. The van der Waals surface area contributed by atoms with Crippen molar-refractivity contribution in [2.45, 2.75) is 32.7 Å². The number of oxazole rings is 1. The van der Waals surface area contributed by atoms with Crippen LogP contribution in [-0.4, -0.2) is 50.7 Å². The number of carbonyl (C=O) groups excluding carboxylic acids is 2. The predicted molar refractivity (Wildman–Crippen MR) is 110 cm³/mol. The molecule has 9 heteroatoms. The lowest BCUT2D eigenvalue weighted by Crippen LogP contribution is -2.48. The minimum absolute atomic E-state index is 0.0158. The van der Waals surface area contributed by atoms with Crippen LogP contribution in [0, 0.1) is 17.2 Å². The Balaban J connectivity index is 1.69. The van der Waals surface area contributed by atoms with E-state index in [-0.39, 0.29) is 35.8 Å². The molecule has 0 unspecified atom stereocenters. The molecule has 0 aromatic carbocycles. The summed E-state index contributed by atoms with van der Waals surface area (Å²) in [6.07, 6.45) is 5.55. The van der Waals surface area contributed by atoms with Gasteiger partial charge in [-0.3, -0.25) is 9.59 Å². The first kappa shape index (κ1) is 19.6. The number of hydrogen-bond acceptors (Lipinski definition) is 7. The summed E-state index contributed by atoms with van der Waals surface area (Å²) in [5.41, 5.74) is 2.39.